The number of unbranched alkanes of at least 4 members (excludes halogenated alkanes) is 1. The molecule has 0 bridgehead atoms. The number of amides is 2. The van der Waals surface area contributed by atoms with Crippen LogP contribution in [0.2, 0.25) is 0 Å². The Morgan fingerprint density at radius 1 is 1.25 bits per heavy atom. The quantitative estimate of drug-likeness (QED) is 0.746. The molecule has 0 saturated carbocycles. The molecule has 3 rings (SSSR count). The molecular weight excluding hydrogens is 360 g/mol. The first-order valence-electron chi connectivity index (χ1n) is 10.1. The van der Waals surface area contributed by atoms with E-state index in [1.165, 1.54) is 0 Å². The fraction of sp³-hybridized carbons (Fsp3) is 0.619. The maximum absolute atomic E-state index is 12.5. The minimum absolute atomic E-state index is 0.00744. The number of benzene rings is 1. The monoisotopic (exact) mass is 390 g/mol. The maximum atomic E-state index is 12.5. The molecule has 2 aliphatic heterocycles. The van der Waals surface area contributed by atoms with E-state index in [0.29, 0.717) is 19.6 Å². The van der Waals surface area contributed by atoms with Gasteiger partial charge in [0.05, 0.1) is 12.6 Å². The van der Waals surface area contributed by atoms with Gasteiger partial charge in [0.15, 0.2) is 0 Å². The number of aliphatic hydroxyl groups is 1. The van der Waals surface area contributed by atoms with Crippen LogP contribution in [0.5, 0.6) is 0 Å². The first kappa shape index (κ1) is 20.8. The topological polar surface area (TPSA) is 88.1 Å². The molecule has 7 nitrogen and oxygen atoms in total. The van der Waals surface area contributed by atoms with Crippen LogP contribution in [0.3, 0.4) is 0 Å². The number of aliphatic hydroxyl groups excluding tert-OH is 1. The van der Waals surface area contributed by atoms with Gasteiger partial charge >= 0.3 is 0 Å². The Hall–Kier alpha value is -1.96. The molecule has 7 heteroatoms. The number of rotatable bonds is 7. The molecule has 2 atom stereocenters. The summed E-state index contributed by atoms with van der Waals surface area (Å²) in [6.45, 7) is 3.16. The lowest BCUT2D eigenvalue weighted by molar-refractivity contribution is -0.168. The van der Waals surface area contributed by atoms with Crippen LogP contribution in [-0.4, -0.2) is 60.3 Å². The van der Waals surface area contributed by atoms with Crippen molar-refractivity contribution < 1.29 is 24.2 Å². The van der Waals surface area contributed by atoms with Gasteiger partial charge in [-0.1, -0.05) is 25.5 Å². The number of morpholine rings is 1. The van der Waals surface area contributed by atoms with Gasteiger partial charge in [0.25, 0.3) is 0 Å². The largest absolute Gasteiger partial charge is 0.394 e. The van der Waals surface area contributed by atoms with E-state index in [-0.39, 0.29) is 31.1 Å². The van der Waals surface area contributed by atoms with Crippen molar-refractivity contribution in [2.24, 2.45) is 0 Å². The number of hydrogen-bond donors (Lipinski definition) is 2. The highest BCUT2D eigenvalue weighted by atomic mass is 16.5. The molecule has 1 aromatic rings. The first-order valence-corrected chi connectivity index (χ1v) is 10.1. The number of hydrogen-bond acceptors (Lipinski definition) is 5. The molecule has 154 valence electrons. The number of carbonyl (C=O) groups excluding carboxylic acids is 2. The summed E-state index contributed by atoms with van der Waals surface area (Å²) in [5, 5.41) is 12.9. The van der Waals surface area contributed by atoms with Crippen molar-refractivity contribution in [3.63, 3.8) is 0 Å². The zero-order valence-corrected chi connectivity index (χ0v) is 16.4. The van der Waals surface area contributed by atoms with Gasteiger partial charge in [-0.15, -0.1) is 0 Å². The lowest BCUT2D eigenvalue weighted by Gasteiger charge is -2.45. The second-order valence-electron chi connectivity index (χ2n) is 7.40. The number of nitrogens with one attached hydrogen (secondary N) is 1. The van der Waals surface area contributed by atoms with Crippen molar-refractivity contribution in [3.05, 3.63) is 29.8 Å². The minimum atomic E-state index is -0.422. The van der Waals surface area contributed by atoms with Gasteiger partial charge in [-0.25, -0.2) is 0 Å². The van der Waals surface area contributed by atoms with Gasteiger partial charge in [0.2, 0.25) is 11.8 Å². The molecule has 0 radical (unpaired) electrons. The van der Waals surface area contributed by atoms with E-state index in [0.717, 1.165) is 36.9 Å². The molecule has 2 unspecified atom stereocenters. The zero-order valence-electron chi connectivity index (χ0n) is 16.4. The van der Waals surface area contributed by atoms with Crippen molar-refractivity contribution in [1.29, 1.82) is 0 Å². The van der Waals surface area contributed by atoms with Crippen LogP contribution in [0, 0.1) is 0 Å². The third-order valence-electron chi connectivity index (χ3n) is 5.43. The number of anilines is 1. The Balaban J connectivity index is 1.70. The molecule has 0 aliphatic carbocycles. The maximum Gasteiger partial charge on any atom is 0.249 e. The van der Waals surface area contributed by atoms with E-state index in [2.05, 4.69) is 12.2 Å². The summed E-state index contributed by atoms with van der Waals surface area (Å²) in [5.41, 5.74) is 1.62. The van der Waals surface area contributed by atoms with E-state index in [1.54, 1.807) is 4.90 Å². The molecule has 1 aromatic carbocycles. The van der Waals surface area contributed by atoms with Crippen LogP contribution in [0.15, 0.2) is 24.3 Å². The van der Waals surface area contributed by atoms with E-state index in [9.17, 15) is 14.7 Å². The Kier molecular flexibility index (Phi) is 7.42. The highest BCUT2D eigenvalue weighted by Gasteiger charge is 2.41. The molecule has 28 heavy (non-hydrogen) atoms. The molecular formula is C21H30N2O5. The van der Waals surface area contributed by atoms with Crippen molar-refractivity contribution in [2.45, 2.75) is 57.2 Å². The lowest BCUT2D eigenvalue weighted by atomic mass is 9.95. The van der Waals surface area contributed by atoms with Gasteiger partial charge in [0.1, 0.15) is 12.7 Å². The summed E-state index contributed by atoms with van der Waals surface area (Å²) in [5.74, 6) is -0.0740. The molecule has 2 heterocycles. The molecule has 2 fully saturated rings. The second kappa shape index (κ2) is 10.0. The Labute approximate surface area is 166 Å². The van der Waals surface area contributed by atoms with Gasteiger partial charge < -0.3 is 24.8 Å². The SMILES string of the molecule is CCCCC(=O)Nc1ccc(C2OCC(=O)N(C3CCOCC3)C2CO)cc1. The molecule has 2 amide bonds. The van der Waals surface area contributed by atoms with Gasteiger partial charge in [0, 0.05) is 31.4 Å². The van der Waals surface area contributed by atoms with Crippen molar-refractivity contribution in [3.8, 4) is 0 Å². The predicted octanol–water partition coefficient (Wildman–Crippen LogP) is 2.26. The summed E-state index contributed by atoms with van der Waals surface area (Å²) >= 11 is 0. The highest BCUT2D eigenvalue weighted by molar-refractivity contribution is 5.90. The molecule has 0 aromatic heterocycles. The average molecular weight is 390 g/mol. The van der Waals surface area contributed by atoms with Crippen molar-refractivity contribution in [2.75, 3.05) is 31.7 Å². The average Bonchev–Trinajstić information content (AvgIpc) is 2.73. The molecule has 2 N–H and O–H groups in total. The van der Waals surface area contributed by atoms with Crippen molar-refractivity contribution in [1.82, 2.24) is 4.90 Å². The molecule has 0 spiro atoms. The normalized spacial score (nSPS) is 23.6. The predicted molar refractivity (Wildman–Crippen MR) is 105 cm³/mol. The van der Waals surface area contributed by atoms with E-state index in [1.807, 2.05) is 24.3 Å². The third-order valence-corrected chi connectivity index (χ3v) is 5.43. The van der Waals surface area contributed by atoms with Gasteiger partial charge in [-0.2, -0.15) is 0 Å². The van der Waals surface area contributed by atoms with Crippen LogP contribution in [0.4, 0.5) is 5.69 Å². The summed E-state index contributed by atoms with van der Waals surface area (Å²) in [6, 6.07) is 7.11. The van der Waals surface area contributed by atoms with Crippen LogP contribution in [0.1, 0.15) is 50.7 Å². The van der Waals surface area contributed by atoms with Crippen LogP contribution in [0.25, 0.3) is 0 Å². The summed E-state index contributed by atoms with van der Waals surface area (Å²) in [7, 11) is 0. The number of nitrogens with zero attached hydrogens (tertiary/aromatic N) is 1. The number of ether oxygens (including phenoxy) is 2. The van der Waals surface area contributed by atoms with E-state index < -0.39 is 12.1 Å². The van der Waals surface area contributed by atoms with Crippen LogP contribution < -0.4 is 5.32 Å². The zero-order chi connectivity index (χ0) is 19.9. The van der Waals surface area contributed by atoms with Gasteiger partial charge in [-0.3, -0.25) is 9.59 Å². The molecule has 2 saturated heterocycles. The van der Waals surface area contributed by atoms with E-state index in [4.69, 9.17) is 9.47 Å². The smallest absolute Gasteiger partial charge is 0.249 e. The summed E-state index contributed by atoms with van der Waals surface area (Å²) < 4.78 is 11.2. The lowest BCUT2D eigenvalue weighted by Crippen LogP contribution is -2.57. The fourth-order valence-electron chi connectivity index (χ4n) is 3.93. The minimum Gasteiger partial charge on any atom is -0.394 e. The van der Waals surface area contributed by atoms with E-state index >= 15 is 0 Å². The standard InChI is InChI=1S/C21H30N2O5/c1-2-3-4-19(25)22-16-7-5-15(6-8-16)21-18(13-24)23(20(26)14-28-21)17-9-11-27-12-10-17/h5-8,17-18,21,24H,2-4,9-14H2,1H3,(H,22,25). The summed E-state index contributed by atoms with van der Waals surface area (Å²) in [6.07, 6.45) is 3.52. The van der Waals surface area contributed by atoms with Crippen molar-refractivity contribution >= 4 is 17.5 Å². The highest BCUT2D eigenvalue weighted by Crippen LogP contribution is 2.33. The Morgan fingerprint density at radius 3 is 2.61 bits per heavy atom. The number of carbonyl (C=O) groups is 2. The Bertz CT molecular complexity index is 657. The Morgan fingerprint density at radius 2 is 1.96 bits per heavy atom. The molecule has 2 aliphatic rings. The van der Waals surface area contributed by atoms with Gasteiger partial charge in [-0.05, 0) is 37.0 Å². The first-order chi connectivity index (χ1) is 13.6. The third kappa shape index (κ3) is 4.90. The van der Waals surface area contributed by atoms with Crippen LogP contribution in [-0.2, 0) is 19.1 Å². The second-order valence-corrected chi connectivity index (χ2v) is 7.40. The van der Waals surface area contributed by atoms with Crippen LogP contribution >= 0.6 is 0 Å². The summed E-state index contributed by atoms with van der Waals surface area (Å²) in [4.78, 5) is 26.2. The fourth-order valence-corrected chi connectivity index (χ4v) is 3.93.